The summed E-state index contributed by atoms with van der Waals surface area (Å²) in [7, 11) is 0. The molecule has 7 heteroatoms. The van der Waals surface area contributed by atoms with Gasteiger partial charge in [-0.15, -0.1) is 0 Å². The maximum Gasteiger partial charge on any atom is 0.182 e. The standard InChI is InChI=1S/C13H17N7/c1-4-14-8(2)10-5-19-20(9(10)3)13-11-12(16-6-15-11)17-7-18-13/h5-8,14H,4H2,1-3H3,(H,15,16,17,18). The SMILES string of the molecule is CCNC(C)c1cnn(-c2ncnc3nc[nH]c23)c1C. The molecule has 3 aromatic rings. The van der Waals surface area contributed by atoms with Gasteiger partial charge in [-0.3, -0.25) is 0 Å². The second-order valence-electron chi connectivity index (χ2n) is 4.67. The third-order valence-electron chi connectivity index (χ3n) is 3.43. The molecule has 0 saturated carbocycles. The van der Waals surface area contributed by atoms with E-state index < -0.39 is 0 Å². The number of imidazole rings is 1. The second kappa shape index (κ2) is 5.01. The molecule has 104 valence electrons. The molecule has 0 amide bonds. The zero-order valence-electron chi connectivity index (χ0n) is 11.8. The van der Waals surface area contributed by atoms with Crippen LogP contribution in [0.4, 0.5) is 0 Å². The Morgan fingerprint density at radius 2 is 2.20 bits per heavy atom. The Hall–Kier alpha value is -2.28. The van der Waals surface area contributed by atoms with Gasteiger partial charge in [0.05, 0.1) is 12.5 Å². The van der Waals surface area contributed by atoms with Gasteiger partial charge in [0.2, 0.25) is 0 Å². The first-order chi connectivity index (χ1) is 9.72. The lowest BCUT2D eigenvalue weighted by molar-refractivity contribution is 0.594. The van der Waals surface area contributed by atoms with E-state index in [0.717, 1.165) is 29.1 Å². The number of aromatic amines is 1. The molecule has 3 aromatic heterocycles. The van der Waals surface area contributed by atoms with Gasteiger partial charge >= 0.3 is 0 Å². The highest BCUT2D eigenvalue weighted by atomic mass is 15.3. The molecule has 3 heterocycles. The molecule has 3 rings (SSSR count). The zero-order valence-corrected chi connectivity index (χ0v) is 11.8. The van der Waals surface area contributed by atoms with Crippen molar-refractivity contribution in [2.75, 3.05) is 6.54 Å². The van der Waals surface area contributed by atoms with Crippen LogP contribution in [-0.4, -0.2) is 36.3 Å². The van der Waals surface area contributed by atoms with Crippen LogP contribution in [-0.2, 0) is 0 Å². The minimum absolute atomic E-state index is 0.257. The fraction of sp³-hybridized carbons (Fsp3) is 0.385. The predicted octanol–water partition coefficient (Wildman–Crippen LogP) is 1.52. The lowest BCUT2D eigenvalue weighted by Crippen LogP contribution is -2.18. The van der Waals surface area contributed by atoms with Crippen molar-refractivity contribution in [3.05, 3.63) is 30.1 Å². The third-order valence-corrected chi connectivity index (χ3v) is 3.43. The molecule has 0 radical (unpaired) electrons. The van der Waals surface area contributed by atoms with E-state index in [0.29, 0.717) is 5.65 Å². The molecule has 0 saturated heterocycles. The van der Waals surface area contributed by atoms with Crippen molar-refractivity contribution >= 4 is 11.2 Å². The molecule has 0 aliphatic heterocycles. The average Bonchev–Trinajstić information content (AvgIpc) is 3.05. The topological polar surface area (TPSA) is 84.3 Å². The summed E-state index contributed by atoms with van der Waals surface area (Å²) in [4.78, 5) is 15.7. The van der Waals surface area contributed by atoms with Crippen LogP contribution in [0, 0.1) is 6.92 Å². The van der Waals surface area contributed by atoms with Crippen molar-refractivity contribution in [3.63, 3.8) is 0 Å². The van der Waals surface area contributed by atoms with Gasteiger partial charge in [-0.25, -0.2) is 19.6 Å². The number of nitrogens with zero attached hydrogens (tertiary/aromatic N) is 5. The minimum Gasteiger partial charge on any atom is -0.340 e. The monoisotopic (exact) mass is 271 g/mol. The van der Waals surface area contributed by atoms with E-state index in [-0.39, 0.29) is 6.04 Å². The zero-order chi connectivity index (χ0) is 14.1. The Morgan fingerprint density at radius 3 is 3.00 bits per heavy atom. The van der Waals surface area contributed by atoms with E-state index in [1.54, 1.807) is 6.33 Å². The van der Waals surface area contributed by atoms with E-state index in [1.165, 1.54) is 6.33 Å². The van der Waals surface area contributed by atoms with Gasteiger partial charge in [0.25, 0.3) is 0 Å². The molecule has 0 aromatic carbocycles. The molecule has 7 nitrogen and oxygen atoms in total. The fourth-order valence-electron chi connectivity index (χ4n) is 2.39. The van der Waals surface area contributed by atoms with E-state index in [1.807, 2.05) is 17.8 Å². The summed E-state index contributed by atoms with van der Waals surface area (Å²) in [6, 6.07) is 0.257. The smallest absolute Gasteiger partial charge is 0.182 e. The molecule has 0 aliphatic carbocycles. The van der Waals surface area contributed by atoms with Crippen molar-refractivity contribution < 1.29 is 0 Å². The summed E-state index contributed by atoms with van der Waals surface area (Å²) >= 11 is 0. The van der Waals surface area contributed by atoms with Crippen LogP contribution in [0.2, 0.25) is 0 Å². The van der Waals surface area contributed by atoms with Crippen LogP contribution in [0.3, 0.4) is 0 Å². The van der Waals surface area contributed by atoms with Crippen LogP contribution in [0.15, 0.2) is 18.9 Å². The highest BCUT2D eigenvalue weighted by Gasteiger charge is 2.16. The highest BCUT2D eigenvalue weighted by molar-refractivity contribution is 5.77. The normalized spacial score (nSPS) is 12.9. The Balaban J connectivity index is 2.09. The van der Waals surface area contributed by atoms with Crippen molar-refractivity contribution in [2.24, 2.45) is 0 Å². The summed E-state index contributed by atoms with van der Waals surface area (Å²) in [5, 5.41) is 7.85. The first-order valence-electron chi connectivity index (χ1n) is 6.64. The molecule has 0 bridgehead atoms. The lowest BCUT2D eigenvalue weighted by atomic mass is 10.1. The van der Waals surface area contributed by atoms with Crippen LogP contribution in [0.1, 0.15) is 31.1 Å². The summed E-state index contributed by atoms with van der Waals surface area (Å²) in [6.07, 6.45) is 5.00. The quantitative estimate of drug-likeness (QED) is 0.751. The van der Waals surface area contributed by atoms with Gasteiger partial charge in [0, 0.05) is 17.3 Å². The molecule has 1 unspecified atom stereocenters. The van der Waals surface area contributed by atoms with Gasteiger partial charge in [-0.1, -0.05) is 6.92 Å². The Labute approximate surface area is 116 Å². The number of rotatable bonds is 4. The van der Waals surface area contributed by atoms with Gasteiger partial charge in [0.1, 0.15) is 11.8 Å². The Kier molecular flexibility index (Phi) is 3.19. The van der Waals surface area contributed by atoms with E-state index in [9.17, 15) is 0 Å². The number of aromatic nitrogens is 6. The minimum atomic E-state index is 0.257. The van der Waals surface area contributed by atoms with Crippen LogP contribution >= 0.6 is 0 Å². The number of nitrogens with one attached hydrogen (secondary N) is 2. The molecular formula is C13H17N7. The van der Waals surface area contributed by atoms with Crippen molar-refractivity contribution in [1.29, 1.82) is 0 Å². The molecule has 1 atom stereocenters. The lowest BCUT2D eigenvalue weighted by Gasteiger charge is -2.12. The molecule has 0 aliphatic rings. The first-order valence-corrected chi connectivity index (χ1v) is 6.64. The van der Waals surface area contributed by atoms with E-state index in [4.69, 9.17) is 0 Å². The molecule has 20 heavy (non-hydrogen) atoms. The summed E-state index contributed by atoms with van der Waals surface area (Å²) < 4.78 is 1.82. The van der Waals surface area contributed by atoms with Gasteiger partial charge < -0.3 is 10.3 Å². The molecule has 2 N–H and O–H groups in total. The van der Waals surface area contributed by atoms with E-state index >= 15 is 0 Å². The average molecular weight is 271 g/mol. The number of fused-ring (bicyclic) bond motifs is 1. The summed E-state index contributed by atoms with van der Waals surface area (Å²) in [6.45, 7) is 7.18. The predicted molar refractivity (Wildman–Crippen MR) is 75.6 cm³/mol. The molecule has 0 fully saturated rings. The highest BCUT2D eigenvalue weighted by Crippen LogP contribution is 2.21. The van der Waals surface area contributed by atoms with Gasteiger partial charge in [-0.2, -0.15) is 5.10 Å². The number of hydrogen-bond donors (Lipinski definition) is 2. The van der Waals surface area contributed by atoms with Gasteiger partial charge in [0.15, 0.2) is 11.5 Å². The van der Waals surface area contributed by atoms with Crippen LogP contribution < -0.4 is 5.32 Å². The second-order valence-corrected chi connectivity index (χ2v) is 4.67. The van der Waals surface area contributed by atoms with Crippen molar-refractivity contribution in [2.45, 2.75) is 26.8 Å². The van der Waals surface area contributed by atoms with Crippen LogP contribution in [0.25, 0.3) is 17.0 Å². The van der Waals surface area contributed by atoms with E-state index in [2.05, 4.69) is 44.2 Å². The largest absolute Gasteiger partial charge is 0.340 e. The van der Waals surface area contributed by atoms with Crippen LogP contribution in [0.5, 0.6) is 0 Å². The fourth-order valence-corrected chi connectivity index (χ4v) is 2.39. The molecular weight excluding hydrogens is 254 g/mol. The van der Waals surface area contributed by atoms with Gasteiger partial charge in [-0.05, 0) is 20.4 Å². The maximum atomic E-state index is 4.46. The third kappa shape index (κ3) is 1.96. The first kappa shape index (κ1) is 12.7. The Morgan fingerprint density at radius 1 is 1.35 bits per heavy atom. The van der Waals surface area contributed by atoms with Crippen molar-refractivity contribution in [3.8, 4) is 5.82 Å². The summed E-state index contributed by atoms with van der Waals surface area (Å²) in [5.74, 6) is 0.722. The number of hydrogen-bond acceptors (Lipinski definition) is 5. The van der Waals surface area contributed by atoms with Crippen molar-refractivity contribution in [1.82, 2.24) is 35.0 Å². The molecule has 0 spiro atoms. The Bertz CT molecular complexity index is 727. The number of H-pyrrole nitrogens is 1. The maximum absolute atomic E-state index is 4.46. The summed E-state index contributed by atoms with van der Waals surface area (Å²) in [5.41, 5.74) is 3.67.